The number of piperazine rings is 1. The molecule has 0 bridgehead atoms. The number of likely N-dealkylation sites (N-methyl/N-ethyl adjacent to an activating group) is 1. The standard InChI is InChI=1S/C29H31F3N6O2/c1-16-12-38(13-17(2)37(16)5)26-11-22(30)19(18-6-7-23-25(8-18)36(4)15-33-23)9-24(26)34-29(40)21-14-35(3)27(39)10-20(21)28(31)32/h6-11,14-17,28H,12-13H2,1-5H3,(H,34,40)/t16-,17+. The number of hydrogen-bond donors (Lipinski definition) is 1. The van der Waals surface area contributed by atoms with Gasteiger partial charge in [-0.25, -0.2) is 18.2 Å². The third kappa shape index (κ3) is 4.97. The van der Waals surface area contributed by atoms with Crippen LogP contribution in [0.4, 0.5) is 24.5 Å². The second kappa shape index (κ2) is 10.5. The average Bonchev–Trinajstić information content (AvgIpc) is 3.28. The quantitative estimate of drug-likeness (QED) is 0.385. The maximum absolute atomic E-state index is 15.8. The Morgan fingerprint density at radius 1 is 1.02 bits per heavy atom. The SMILES string of the molecule is C[C@@H]1CN(c2cc(F)c(-c3ccc4ncn(C)c4c3)cc2NC(=O)c2cn(C)c(=O)cc2C(F)F)C[C@H](C)N1C. The molecule has 8 nitrogen and oxygen atoms in total. The van der Waals surface area contributed by atoms with Crippen LogP contribution in [0.2, 0.25) is 0 Å². The number of fused-ring (bicyclic) bond motifs is 1. The molecule has 1 aliphatic rings. The van der Waals surface area contributed by atoms with Crippen LogP contribution in [-0.4, -0.2) is 57.1 Å². The van der Waals surface area contributed by atoms with Crippen molar-refractivity contribution in [2.75, 3.05) is 30.4 Å². The predicted octanol–water partition coefficient (Wildman–Crippen LogP) is 4.80. The monoisotopic (exact) mass is 552 g/mol. The van der Waals surface area contributed by atoms with E-state index in [0.717, 1.165) is 27.9 Å². The maximum Gasteiger partial charge on any atom is 0.264 e. The minimum atomic E-state index is -3.03. The second-order valence-corrected chi connectivity index (χ2v) is 10.5. The lowest BCUT2D eigenvalue weighted by atomic mass is 10.0. The Hall–Kier alpha value is -4.12. The summed E-state index contributed by atoms with van der Waals surface area (Å²) in [5.74, 6) is -1.30. The molecule has 11 heteroatoms. The first kappa shape index (κ1) is 27.4. The lowest BCUT2D eigenvalue weighted by Crippen LogP contribution is -2.55. The van der Waals surface area contributed by atoms with Crippen LogP contribution in [0.3, 0.4) is 0 Å². The fourth-order valence-corrected chi connectivity index (χ4v) is 5.24. The van der Waals surface area contributed by atoms with Gasteiger partial charge >= 0.3 is 0 Å². The molecule has 1 aliphatic heterocycles. The minimum absolute atomic E-state index is 0.149. The molecule has 210 valence electrons. The number of aromatic nitrogens is 3. The topological polar surface area (TPSA) is 75.4 Å². The van der Waals surface area contributed by atoms with Crippen LogP contribution >= 0.6 is 0 Å². The van der Waals surface area contributed by atoms with Crippen molar-refractivity contribution < 1.29 is 18.0 Å². The van der Waals surface area contributed by atoms with E-state index in [-0.39, 0.29) is 28.9 Å². The summed E-state index contributed by atoms with van der Waals surface area (Å²) in [6.45, 7) is 5.28. The highest BCUT2D eigenvalue weighted by Crippen LogP contribution is 2.37. The molecule has 1 fully saturated rings. The molecule has 0 saturated carbocycles. The van der Waals surface area contributed by atoms with Crippen molar-refractivity contribution in [3.05, 3.63) is 76.2 Å². The smallest absolute Gasteiger partial charge is 0.264 e. The number of halogens is 3. The van der Waals surface area contributed by atoms with Gasteiger partial charge in [-0.15, -0.1) is 0 Å². The normalized spacial score (nSPS) is 18.1. The maximum atomic E-state index is 15.8. The fraction of sp³-hybridized carbons (Fsp3) is 0.345. The molecule has 1 amide bonds. The molecule has 0 unspecified atom stereocenters. The number of amides is 1. The molecule has 1 N–H and O–H groups in total. The van der Waals surface area contributed by atoms with Gasteiger partial charge in [0.05, 0.1) is 34.3 Å². The van der Waals surface area contributed by atoms with Crippen molar-refractivity contribution in [3.63, 3.8) is 0 Å². The first-order chi connectivity index (χ1) is 18.9. The predicted molar refractivity (Wildman–Crippen MR) is 150 cm³/mol. The fourth-order valence-electron chi connectivity index (χ4n) is 5.24. The number of anilines is 2. The summed E-state index contributed by atoms with van der Waals surface area (Å²) in [4.78, 5) is 34.0. The van der Waals surface area contributed by atoms with E-state index in [1.807, 2.05) is 29.6 Å². The largest absolute Gasteiger partial charge is 0.367 e. The summed E-state index contributed by atoms with van der Waals surface area (Å²) < 4.78 is 46.3. The van der Waals surface area contributed by atoms with Crippen LogP contribution in [0.5, 0.6) is 0 Å². The summed E-state index contributed by atoms with van der Waals surface area (Å²) >= 11 is 0. The number of imidazole rings is 1. The first-order valence-electron chi connectivity index (χ1n) is 13.0. The Labute approximate surface area is 229 Å². The van der Waals surface area contributed by atoms with Crippen molar-refractivity contribution >= 4 is 28.3 Å². The third-order valence-corrected chi connectivity index (χ3v) is 7.81. The number of hydrogen-bond acceptors (Lipinski definition) is 5. The van der Waals surface area contributed by atoms with Gasteiger partial charge in [0.25, 0.3) is 17.9 Å². The van der Waals surface area contributed by atoms with Gasteiger partial charge in [0, 0.05) is 62.7 Å². The van der Waals surface area contributed by atoms with E-state index in [2.05, 4.69) is 29.0 Å². The Balaban J connectivity index is 1.63. The van der Waals surface area contributed by atoms with E-state index < -0.39 is 29.3 Å². The van der Waals surface area contributed by atoms with Crippen LogP contribution < -0.4 is 15.8 Å². The van der Waals surface area contributed by atoms with E-state index in [4.69, 9.17) is 0 Å². The van der Waals surface area contributed by atoms with Gasteiger partial charge < -0.3 is 19.4 Å². The van der Waals surface area contributed by atoms with E-state index in [0.29, 0.717) is 24.3 Å². The van der Waals surface area contributed by atoms with Gasteiger partial charge in [-0.1, -0.05) is 6.07 Å². The summed E-state index contributed by atoms with van der Waals surface area (Å²) in [5, 5.41) is 2.76. The summed E-state index contributed by atoms with van der Waals surface area (Å²) in [6, 6.07) is 9.35. The van der Waals surface area contributed by atoms with Crippen molar-refractivity contribution in [2.24, 2.45) is 14.1 Å². The summed E-state index contributed by atoms with van der Waals surface area (Å²) in [6.07, 6.45) is -0.259. The van der Waals surface area contributed by atoms with Crippen molar-refractivity contribution in [1.29, 1.82) is 0 Å². The summed E-state index contributed by atoms with van der Waals surface area (Å²) in [5.41, 5.74) is 1.47. The van der Waals surface area contributed by atoms with E-state index in [9.17, 15) is 18.4 Å². The molecule has 4 aromatic rings. The molecule has 3 heterocycles. The number of nitrogens with one attached hydrogen (secondary N) is 1. The van der Waals surface area contributed by atoms with Gasteiger partial charge in [-0.3, -0.25) is 14.5 Å². The number of benzene rings is 2. The number of nitrogens with zero attached hydrogens (tertiary/aromatic N) is 5. The van der Waals surface area contributed by atoms with Gasteiger partial charge in [0.2, 0.25) is 0 Å². The number of aryl methyl sites for hydroxylation is 2. The van der Waals surface area contributed by atoms with Crippen LogP contribution in [0.15, 0.2) is 53.7 Å². The molecule has 2 aromatic heterocycles. The highest BCUT2D eigenvalue weighted by molar-refractivity contribution is 6.07. The lowest BCUT2D eigenvalue weighted by molar-refractivity contribution is 0.101. The first-order valence-corrected chi connectivity index (χ1v) is 13.0. The average molecular weight is 553 g/mol. The highest BCUT2D eigenvalue weighted by Gasteiger charge is 2.30. The van der Waals surface area contributed by atoms with Crippen LogP contribution in [0.1, 0.15) is 36.2 Å². The van der Waals surface area contributed by atoms with E-state index in [1.54, 1.807) is 18.5 Å². The van der Waals surface area contributed by atoms with Crippen molar-refractivity contribution in [2.45, 2.75) is 32.4 Å². The van der Waals surface area contributed by atoms with E-state index in [1.165, 1.54) is 19.2 Å². The molecule has 2 aromatic carbocycles. The van der Waals surface area contributed by atoms with Gasteiger partial charge in [-0.2, -0.15) is 0 Å². The zero-order valence-electron chi connectivity index (χ0n) is 23.0. The van der Waals surface area contributed by atoms with Crippen molar-refractivity contribution in [3.8, 4) is 11.1 Å². The van der Waals surface area contributed by atoms with E-state index >= 15 is 4.39 Å². The number of carbonyl (C=O) groups excluding carboxylic acids is 1. The zero-order chi connectivity index (χ0) is 28.9. The molecule has 0 aliphatic carbocycles. The number of alkyl halides is 2. The van der Waals surface area contributed by atoms with Crippen LogP contribution in [-0.2, 0) is 14.1 Å². The van der Waals surface area contributed by atoms with Gasteiger partial charge in [0.15, 0.2) is 0 Å². The Morgan fingerprint density at radius 2 is 1.73 bits per heavy atom. The molecule has 0 spiro atoms. The molecule has 5 rings (SSSR count). The van der Waals surface area contributed by atoms with Crippen molar-refractivity contribution in [1.82, 2.24) is 19.0 Å². The number of rotatable bonds is 5. The summed E-state index contributed by atoms with van der Waals surface area (Å²) in [7, 11) is 5.25. The molecule has 40 heavy (non-hydrogen) atoms. The second-order valence-electron chi connectivity index (χ2n) is 10.5. The minimum Gasteiger partial charge on any atom is -0.367 e. The molecular formula is C29H31F3N6O2. The molecular weight excluding hydrogens is 521 g/mol. The highest BCUT2D eigenvalue weighted by atomic mass is 19.3. The number of carbonyl (C=O) groups is 1. The Bertz CT molecular complexity index is 1650. The van der Waals surface area contributed by atoms with Crippen LogP contribution in [0.25, 0.3) is 22.2 Å². The van der Waals surface area contributed by atoms with Crippen LogP contribution in [0, 0.1) is 5.82 Å². The Morgan fingerprint density at radius 3 is 2.40 bits per heavy atom. The molecule has 1 saturated heterocycles. The lowest BCUT2D eigenvalue weighted by Gasteiger charge is -2.44. The number of pyridine rings is 1. The molecule has 0 radical (unpaired) electrons. The van der Waals surface area contributed by atoms with Gasteiger partial charge in [-0.05, 0) is 50.7 Å². The Kier molecular flexibility index (Phi) is 7.17. The van der Waals surface area contributed by atoms with Gasteiger partial charge in [0.1, 0.15) is 5.82 Å². The third-order valence-electron chi connectivity index (χ3n) is 7.81. The zero-order valence-corrected chi connectivity index (χ0v) is 23.0. The molecule has 2 atom stereocenters.